The molecule has 1 aliphatic rings. The van der Waals surface area contributed by atoms with Crippen molar-refractivity contribution in [1.29, 1.82) is 0 Å². The number of nitrogens with zero attached hydrogens (tertiary/aromatic N) is 1. The topological polar surface area (TPSA) is 80.7 Å². The average molecular weight is 406 g/mol. The van der Waals surface area contributed by atoms with Gasteiger partial charge in [-0.15, -0.1) is 6.42 Å². The van der Waals surface area contributed by atoms with Gasteiger partial charge in [0, 0.05) is 36.8 Å². The van der Waals surface area contributed by atoms with Crippen molar-refractivity contribution in [3.05, 3.63) is 71.8 Å². The summed E-state index contributed by atoms with van der Waals surface area (Å²) in [7, 11) is 0. The largest absolute Gasteiger partial charge is 0.459 e. The molecule has 1 aromatic carbocycles. The van der Waals surface area contributed by atoms with Crippen LogP contribution in [0.3, 0.4) is 0 Å². The Morgan fingerprint density at radius 1 is 1.33 bits per heavy atom. The highest BCUT2D eigenvalue weighted by Crippen LogP contribution is 2.39. The molecule has 0 unspecified atom stereocenters. The number of nitrogens with one attached hydrogen (secondary N) is 1. The number of carbonyl (C=O) groups excluding carboxylic acids is 1. The molecule has 2 N–H and O–H groups in total. The summed E-state index contributed by atoms with van der Waals surface area (Å²) in [6.07, 6.45) is 11.2. The number of ether oxygens (including phenoxy) is 2. The number of anilines is 1. The number of aliphatic hydroxyl groups excluding tert-OH is 1. The van der Waals surface area contributed by atoms with Gasteiger partial charge in [0.15, 0.2) is 5.76 Å². The summed E-state index contributed by atoms with van der Waals surface area (Å²) in [5.74, 6) is 2.28. The minimum Gasteiger partial charge on any atom is -0.459 e. The van der Waals surface area contributed by atoms with Crippen molar-refractivity contribution in [3.63, 3.8) is 0 Å². The average Bonchev–Trinajstić information content (AvgIpc) is 2.78. The normalized spacial score (nSPS) is 20.6. The number of hydrogen-bond acceptors (Lipinski definition) is 5. The van der Waals surface area contributed by atoms with Gasteiger partial charge >= 0.3 is 0 Å². The molecule has 1 aromatic heterocycles. The first-order valence-corrected chi connectivity index (χ1v) is 10.0. The Morgan fingerprint density at radius 3 is 2.77 bits per heavy atom. The Kier molecular flexibility index (Phi) is 7.61. The molecule has 3 atom stereocenters. The van der Waals surface area contributed by atoms with E-state index < -0.39 is 6.29 Å². The highest BCUT2D eigenvalue weighted by molar-refractivity contribution is 6.02. The second-order valence-corrected chi connectivity index (χ2v) is 6.99. The number of aliphatic hydroxyl groups is 1. The molecule has 156 valence electrons. The lowest BCUT2D eigenvalue weighted by molar-refractivity contribution is -0.165. The molecule has 6 heteroatoms. The van der Waals surface area contributed by atoms with Crippen molar-refractivity contribution < 1.29 is 19.4 Å². The summed E-state index contributed by atoms with van der Waals surface area (Å²) in [6.45, 7) is 2.41. The Morgan fingerprint density at radius 2 is 2.13 bits per heavy atom. The predicted octanol–water partition coefficient (Wildman–Crippen LogP) is 3.45. The quantitative estimate of drug-likeness (QED) is 0.657. The van der Waals surface area contributed by atoms with Gasteiger partial charge in [-0.05, 0) is 55.7 Å². The number of pyridine rings is 1. The summed E-state index contributed by atoms with van der Waals surface area (Å²) in [6, 6.07) is 11.2. The number of allylic oxidation sites excluding steroid dienone is 1. The van der Waals surface area contributed by atoms with Crippen molar-refractivity contribution in [3.8, 4) is 12.3 Å². The van der Waals surface area contributed by atoms with Crippen LogP contribution in [0, 0.1) is 18.3 Å². The highest BCUT2D eigenvalue weighted by atomic mass is 16.7. The highest BCUT2D eigenvalue weighted by Gasteiger charge is 2.37. The lowest BCUT2D eigenvalue weighted by Gasteiger charge is -2.37. The molecule has 0 fully saturated rings. The Bertz CT molecular complexity index is 903. The minimum absolute atomic E-state index is 0.0521. The van der Waals surface area contributed by atoms with E-state index in [2.05, 4.69) is 16.2 Å². The monoisotopic (exact) mass is 406 g/mol. The first-order chi connectivity index (χ1) is 14.7. The van der Waals surface area contributed by atoms with Gasteiger partial charge in [-0.1, -0.05) is 18.1 Å². The lowest BCUT2D eigenvalue weighted by atomic mass is 9.80. The second-order valence-electron chi connectivity index (χ2n) is 6.99. The third kappa shape index (κ3) is 5.26. The molecule has 30 heavy (non-hydrogen) atoms. The van der Waals surface area contributed by atoms with Crippen LogP contribution >= 0.6 is 0 Å². The van der Waals surface area contributed by atoms with Gasteiger partial charge in [0.25, 0.3) is 5.91 Å². The Labute approximate surface area is 176 Å². The van der Waals surface area contributed by atoms with Crippen molar-refractivity contribution >= 4 is 11.6 Å². The summed E-state index contributed by atoms with van der Waals surface area (Å²) >= 11 is 0. The van der Waals surface area contributed by atoms with E-state index in [0.717, 1.165) is 11.1 Å². The first-order valence-electron chi connectivity index (χ1n) is 10.0. The molecule has 1 amide bonds. The van der Waals surface area contributed by atoms with Crippen molar-refractivity contribution in [2.45, 2.75) is 32.0 Å². The van der Waals surface area contributed by atoms with E-state index in [1.54, 1.807) is 24.5 Å². The number of terminal acetylenes is 1. The zero-order chi connectivity index (χ0) is 21.3. The van der Waals surface area contributed by atoms with E-state index in [1.165, 1.54) is 0 Å². The fourth-order valence-corrected chi connectivity index (χ4v) is 3.58. The number of rotatable bonds is 8. The van der Waals surface area contributed by atoms with Crippen LogP contribution in [0.4, 0.5) is 5.69 Å². The predicted molar refractivity (Wildman–Crippen MR) is 114 cm³/mol. The molecule has 2 aromatic rings. The summed E-state index contributed by atoms with van der Waals surface area (Å²) in [5.41, 5.74) is 2.38. The molecule has 2 heterocycles. The number of carbonyl (C=O) groups is 1. The van der Waals surface area contributed by atoms with Gasteiger partial charge < -0.3 is 19.9 Å². The maximum atomic E-state index is 12.9. The van der Waals surface area contributed by atoms with Gasteiger partial charge in [0.1, 0.15) is 0 Å². The van der Waals surface area contributed by atoms with Gasteiger partial charge in [0.2, 0.25) is 6.29 Å². The summed E-state index contributed by atoms with van der Waals surface area (Å²) < 4.78 is 11.8. The van der Waals surface area contributed by atoms with Crippen LogP contribution in [0.25, 0.3) is 0 Å². The zero-order valence-electron chi connectivity index (χ0n) is 17.0. The van der Waals surface area contributed by atoms with Crippen molar-refractivity contribution in [2.75, 3.05) is 18.5 Å². The van der Waals surface area contributed by atoms with E-state index in [0.29, 0.717) is 25.1 Å². The molecule has 0 saturated heterocycles. The number of benzene rings is 1. The van der Waals surface area contributed by atoms with E-state index in [-0.39, 0.29) is 30.1 Å². The van der Waals surface area contributed by atoms with E-state index >= 15 is 0 Å². The maximum absolute atomic E-state index is 12.9. The van der Waals surface area contributed by atoms with Crippen LogP contribution in [-0.2, 0) is 14.3 Å². The molecule has 0 radical (unpaired) electrons. The smallest absolute Gasteiger partial charge is 0.290 e. The third-order valence-corrected chi connectivity index (χ3v) is 5.02. The van der Waals surface area contributed by atoms with Crippen LogP contribution in [0.1, 0.15) is 36.8 Å². The van der Waals surface area contributed by atoms with Crippen LogP contribution in [-0.4, -0.2) is 35.5 Å². The fourth-order valence-electron chi connectivity index (χ4n) is 3.58. The molecule has 6 nitrogen and oxygen atoms in total. The molecule has 0 bridgehead atoms. The first kappa shape index (κ1) is 21.6. The van der Waals surface area contributed by atoms with Crippen molar-refractivity contribution in [1.82, 2.24) is 4.98 Å². The van der Waals surface area contributed by atoms with Crippen molar-refractivity contribution in [2.24, 2.45) is 5.92 Å². The maximum Gasteiger partial charge on any atom is 0.290 e. The molecule has 0 aliphatic carbocycles. The molecule has 1 aliphatic heterocycles. The molecule has 3 rings (SSSR count). The van der Waals surface area contributed by atoms with E-state index in [9.17, 15) is 9.90 Å². The van der Waals surface area contributed by atoms with Gasteiger partial charge in [-0.25, -0.2) is 0 Å². The summed E-state index contributed by atoms with van der Waals surface area (Å²) in [5, 5.41) is 12.2. The summed E-state index contributed by atoms with van der Waals surface area (Å²) in [4.78, 5) is 16.9. The lowest BCUT2D eigenvalue weighted by Crippen LogP contribution is -2.37. The number of aromatic nitrogens is 1. The second kappa shape index (κ2) is 10.6. The van der Waals surface area contributed by atoms with Gasteiger partial charge in [-0.3, -0.25) is 9.78 Å². The van der Waals surface area contributed by atoms with Crippen LogP contribution < -0.4 is 5.32 Å². The Hall–Kier alpha value is -3.14. The molecular weight excluding hydrogens is 380 g/mol. The Balaban J connectivity index is 1.93. The van der Waals surface area contributed by atoms with Crippen LogP contribution in [0.2, 0.25) is 0 Å². The van der Waals surface area contributed by atoms with E-state index in [4.69, 9.17) is 15.9 Å². The molecule has 0 spiro atoms. The number of amides is 1. The fraction of sp³-hybridized carbons (Fsp3) is 0.333. The molecular formula is C24H26N2O4. The third-order valence-electron chi connectivity index (χ3n) is 5.02. The van der Waals surface area contributed by atoms with E-state index in [1.807, 2.05) is 37.3 Å². The van der Waals surface area contributed by atoms with Crippen LogP contribution in [0.15, 0.2) is 60.6 Å². The van der Waals surface area contributed by atoms with Gasteiger partial charge in [0.05, 0.1) is 11.9 Å². The van der Waals surface area contributed by atoms with Crippen LogP contribution in [0.5, 0.6) is 0 Å². The standard InChI is InChI=1S/C24H26N2O4/c1-3-17-9-11-18(12-10-17)21-15-22(23(28)26-19-7-5-13-25-16-19)30-24(29-4-2)20(21)8-6-14-27/h1,5,7,9-13,15-16,20-21,24,27H,4,6,8,14H2,2H3,(H,26,28)/t20-,21+,24+/m0/s1. The minimum atomic E-state index is -0.599. The number of hydrogen-bond donors (Lipinski definition) is 2. The van der Waals surface area contributed by atoms with Gasteiger partial charge in [-0.2, -0.15) is 0 Å². The SMILES string of the molecule is C#Cc1ccc([C@H]2C=C(C(=O)Nc3cccnc3)O[C@@H](OCC)[C@H]2CCCO)cc1. The zero-order valence-corrected chi connectivity index (χ0v) is 17.0. The molecule has 0 saturated carbocycles.